The van der Waals surface area contributed by atoms with Crippen LogP contribution in [0.2, 0.25) is 0 Å². The number of piperidine rings is 1. The number of hydrogen-bond donors (Lipinski definition) is 2. The molecule has 2 aliphatic heterocycles. The summed E-state index contributed by atoms with van der Waals surface area (Å²) in [7, 11) is 0. The summed E-state index contributed by atoms with van der Waals surface area (Å²) in [6.45, 7) is 1.77. The smallest absolute Gasteiger partial charge is 0.319 e. The number of benzene rings is 2. The van der Waals surface area contributed by atoms with Gasteiger partial charge in [0.1, 0.15) is 5.69 Å². The number of likely N-dealkylation sites (tertiary alicyclic amines) is 1. The van der Waals surface area contributed by atoms with E-state index in [4.69, 9.17) is 0 Å². The van der Waals surface area contributed by atoms with Crippen molar-refractivity contribution >= 4 is 17.6 Å². The Morgan fingerprint density at radius 1 is 0.789 bits per heavy atom. The van der Waals surface area contributed by atoms with Crippen LogP contribution in [-0.2, 0) is 6.54 Å². The van der Waals surface area contributed by atoms with Crippen LogP contribution >= 0.6 is 0 Å². The van der Waals surface area contributed by atoms with Gasteiger partial charge in [-0.3, -0.25) is 9.59 Å². The van der Waals surface area contributed by atoms with Gasteiger partial charge in [0.15, 0.2) is 0 Å². The van der Waals surface area contributed by atoms with Crippen molar-refractivity contribution in [1.82, 2.24) is 14.8 Å². The molecule has 196 valence electrons. The third kappa shape index (κ3) is 4.97. The van der Waals surface area contributed by atoms with Gasteiger partial charge in [0.05, 0.1) is 0 Å². The van der Waals surface area contributed by atoms with Gasteiger partial charge in [-0.05, 0) is 60.6 Å². The van der Waals surface area contributed by atoms with Gasteiger partial charge in [-0.1, -0.05) is 61.7 Å². The van der Waals surface area contributed by atoms with Gasteiger partial charge in [0, 0.05) is 42.9 Å². The Morgan fingerprint density at radius 3 is 2.29 bits per heavy atom. The number of nitrogens with one attached hydrogen (secondary N) is 2. The number of rotatable bonds is 4. The molecule has 6 rings (SSSR count). The van der Waals surface area contributed by atoms with Gasteiger partial charge >= 0.3 is 6.03 Å². The Morgan fingerprint density at radius 2 is 1.53 bits per heavy atom. The van der Waals surface area contributed by atoms with E-state index in [9.17, 15) is 14.4 Å². The summed E-state index contributed by atoms with van der Waals surface area (Å²) in [5, 5.41) is 5.81. The molecule has 7 nitrogen and oxygen atoms in total. The van der Waals surface area contributed by atoms with E-state index >= 15 is 0 Å². The maximum absolute atomic E-state index is 13.4. The first-order valence-corrected chi connectivity index (χ1v) is 13.8. The number of carbonyl (C=O) groups excluding carboxylic acids is 2. The largest absolute Gasteiger partial charge is 0.338 e. The van der Waals surface area contributed by atoms with E-state index in [0.29, 0.717) is 30.9 Å². The van der Waals surface area contributed by atoms with E-state index in [1.54, 1.807) is 6.07 Å². The molecule has 3 amide bonds. The lowest BCUT2D eigenvalue weighted by atomic mass is 9.83. The van der Waals surface area contributed by atoms with Crippen LogP contribution < -0.4 is 16.2 Å². The van der Waals surface area contributed by atoms with Gasteiger partial charge in [-0.15, -0.1) is 0 Å². The molecule has 2 fully saturated rings. The number of amides is 3. The van der Waals surface area contributed by atoms with E-state index in [1.165, 1.54) is 6.42 Å². The van der Waals surface area contributed by atoms with E-state index < -0.39 is 0 Å². The third-order valence-electron chi connectivity index (χ3n) is 8.32. The van der Waals surface area contributed by atoms with Crippen molar-refractivity contribution in [2.75, 3.05) is 18.4 Å². The quantitative estimate of drug-likeness (QED) is 0.504. The fourth-order valence-electron chi connectivity index (χ4n) is 6.42. The van der Waals surface area contributed by atoms with Crippen LogP contribution in [0.1, 0.15) is 60.5 Å². The summed E-state index contributed by atoms with van der Waals surface area (Å²) >= 11 is 0. The lowest BCUT2D eigenvalue weighted by Crippen LogP contribution is -2.49. The van der Waals surface area contributed by atoms with Crippen molar-refractivity contribution in [2.24, 2.45) is 5.92 Å². The van der Waals surface area contributed by atoms with Crippen molar-refractivity contribution in [1.29, 1.82) is 0 Å². The zero-order valence-electron chi connectivity index (χ0n) is 21.6. The molecule has 7 heteroatoms. The normalized spacial score (nSPS) is 20.9. The Bertz CT molecular complexity index is 1380. The van der Waals surface area contributed by atoms with Crippen molar-refractivity contribution in [3.8, 4) is 11.1 Å². The SMILES string of the molecule is O=C(Nc1ccc2n(c1=O)CC1CC2CN(C(=O)c2ccc(-c3ccccc3)cc2)C1)NC1CCCCC1. The topological polar surface area (TPSA) is 83.4 Å². The number of urea groups is 1. The molecule has 2 atom stereocenters. The number of carbonyl (C=O) groups is 2. The predicted octanol–water partition coefficient (Wildman–Crippen LogP) is 5.23. The summed E-state index contributed by atoms with van der Waals surface area (Å²) in [5.74, 6) is 0.346. The molecule has 3 aromatic rings. The standard InChI is InChI=1S/C31H34N4O3/c36-29(24-13-11-23(12-14-24)22-7-3-1-4-8-22)34-18-21-17-25(20-34)28-16-15-27(30(37)35(28)19-21)33-31(38)32-26-9-5-2-6-10-26/h1,3-4,7-8,11-16,21,25-26H,2,5-6,9-10,17-20H2,(H2,32,33,38). The van der Waals surface area contributed by atoms with E-state index in [-0.39, 0.29) is 35.4 Å². The Balaban J connectivity index is 1.14. The molecule has 2 aromatic carbocycles. The van der Waals surface area contributed by atoms with Crippen molar-refractivity contribution in [3.63, 3.8) is 0 Å². The second-order valence-corrected chi connectivity index (χ2v) is 11.0. The average Bonchev–Trinajstić information content (AvgIpc) is 2.95. The highest BCUT2D eigenvalue weighted by Crippen LogP contribution is 2.36. The Kier molecular flexibility index (Phi) is 6.75. The highest BCUT2D eigenvalue weighted by molar-refractivity contribution is 5.95. The molecule has 0 radical (unpaired) electrons. The zero-order valence-corrected chi connectivity index (χ0v) is 21.6. The van der Waals surface area contributed by atoms with Crippen LogP contribution in [-0.4, -0.2) is 40.5 Å². The molecule has 2 N–H and O–H groups in total. The molecule has 3 aliphatic rings. The molecule has 38 heavy (non-hydrogen) atoms. The minimum absolute atomic E-state index is 0.0350. The van der Waals surface area contributed by atoms with Gasteiger partial charge in [-0.25, -0.2) is 4.79 Å². The minimum atomic E-state index is -0.305. The van der Waals surface area contributed by atoms with E-state index in [0.717, 1.165) is 48.9 Å². The molecular formula is C31H34N4O3. The number of nitrogens with zero attached hydrogens (tertiary/aromatic N) is 2. The van der Waals surface area contributed by atoms with E-state index in [2.05, 4.69) is 22.8 Å². The number of fused-ring (bicyclic) bond motifs is 4. The molecule has 1 saturated carbocycles. The van der Waals surface area contributed by atoms with Crippen molar-refractivity contribution < 1.29 is 9.59 Å². The first kappa shape index (κ1) is 24.5. The first-order chi connectivity index (χ1) is 18.5. The van der Waals surface area contributed by atoms with Gasteiger partial charge in [0.2, 0.25) is 0 Å². The fraction of sp³-hybridized carbons (Fsp3) is 0.387. The van der Waals surface area contributed by atoms with Crippen LogP contribution in [0.5, 0.6) is 0 Å². The summed E-state index contributed by atoms with van der Waals surface area (Å²) in [5.41, 5.74) is 4.00. The van der Waals surface area contributed by atoms with Crippen LogP contribution in [0.4, 0.5) is 10.5 Å². The maximum Gasteiger partial charge on any atom is 0.319 e. The molecule has 1 aliphatic carbocycles. The second-order valence-electron chi connectivity index (χ2n) is 11.0. The van der Waals surface area contributed by atoms with Gasteiger partial charge in [0.25, 0.3) is 11.5 Å². The van der Waals surface area contributed by atoms with Crippen LogP contribution in [0.25, 0.3) is 11.1 Å². The number of hydrogen-bond acceptors (Lipinski definition) is 3. The summed E-state index contributed by atoms with van der Waals surface area (Å²) in [6, 6.07) is 21.5. The summed E-state index contributed by atoms with van der Waals surface area (Å²) in [4.78, 5) is 41.2. The van der Waals surface area contributed by atoms with E-state index in [1.807, 2.05) is 58.0 Å². The summed E-state index contributed by atoms with van der Waals surface area (Å²) < 4.78 is 1.81. The average molecular weight is 511 g/mol. The fourth-order valence-corrected chi connectivity index (χ4v) is 6.42. The number of aromatic nitrogens is 1. The van der Waals surface area contributed by atoms with Crippen LogP contribution in [0, 0.1) is 5.92 Å². The number of pyridine rings is 1. The van der Waals surface area contributed by atoms with Crippen LogP contribution in [0.15, 0.2) is 71.5 Å². The second kappa shape index (κ2) is 10.5. The number of anilines is 1. The first-order valence-electron chi connectivity index (χ1n) is 13.8. The zero-order chi connectivity index (χ0) is 26.1. The van der Waals surface area contributed by atoms with Crippen molar-refractivity contribution in [3.05, 3.63) is 88.3 Å². The Hall–Kier alpha value is -3.87. The van der Waals surface area contributed by atoms with Gasteiger partial charge in [-0.2, -0.15) is 0 Å². The third-order valence-corrected chi connectivity index (χ3v) is 8.32. The maximum atomic E-state index is 13.4. The minimum Gasteiger partial charge on any atom is -0.338 e. The molecule has 2 bridgehead atoms. The van der Waals surface area contributed by atoms with Gasteiger partial charge < -0.3 is 20.1 Å². The molecule has 3 heterocycles. The van der Waals surface area contributed by atoms with Crippen molar-refractivity contribution in [2.45, 2.75) is 57.0 Å². The summed E-state index contributed by atoms with van der Waals surface area (Å²) in [6.07, 6.45) is 6.43. The Labute approximate surface area is 222 Å². The monoisotopic (exact) mass is 510 g/mol. The predicted molar refractivity (Wildman–Crippen MR) is 148 cm³/mol. The lowest BCUT2D eigenvalue weighted by Gasteiger charge is -2.43. The lowest BCUT2D eigenvalue weighted by molar-refractivity contribution is 0.0594. The molecular weight excluding hydrogens is 476 g/mol. The molecule has 1 aromatic heterocycles. The molecule has 1 saturated heterocycles. The molecule has 0 spiro atoms. The highest BCUT2D eigenvalue weighted by atomic mass is 16.2. The molecule has 2 unspecified atom stereocenters. The highest BCUT2D eigenvalue weighted by Gasteiger charge is 2.37. The van der Waals surface area contributed by atoms with Crippen LogP contribution in [0.3, 0.4) is 0 Å².